The molecule has 0 radical (unpaired) electrons. The fourth-order valence-corrected chi connectivity index (χ4v) is 3.97. The standard InChI is InChI=1S/C33H29NO12/c1-33(2,20-43-24-10-14-26(15-11-24)46-44-18-21-5-3-4-6-27(21)30(35)36)19-42-23-8-12-25(13-9-23)45-32(39)29-17-22(34(40)41)7-16-28(29)31(37)38/h3-17H,18-20H2,1-2H3,(H,35,36)(H,37,38). The molecule has 4 aromatic carbocycles. The maximum Gasteiger partial charge on any atom is 0.344 e. The van der Waals surface area contributed by atoms with E-state index in [-0.39, 0.29) is 24.5 Å². The summed E-state index contributed by atoms with van der Waals surface area (Å²) >= 11 is 0. The van der Waals surface area contributed by atoms with E-state index in [9.17, 15) is 34.7 Å². The smallest absolute Gasteiger partial charge is 0.344 e. The van der Waals surface area contributed by atoms with Crippen LogP contribution in [0.25, 0.3) is 0 Å². The van der Waals surface area contributed by atoms with Crippen molar-refractivity contribution in [2.24, 2.45) is 5.41 Å². The van der Waals surface area contributed by atoms with Crippen LogP contribution >= 0.6 is 0 Å². The number of benzene rings is 4. The number of carbonyl (C=O) groups is 3. The number of hydrogen-bond donors (Lipinski definition) is 2. The zero-order valence-corrected chi connectivity index (χ0v) is 24.7. The van der Waals surface area contributed by atoms with Crippen LogP contribution in [0, 0.1) is 15.5 Å². The average Bonchev–Trinajstić information content (AvgIpc) is 3.04. The molecule has 2 N–H and O–H groups in total. The molecule has 13 nitrogen and oxygen atoms in total. The van der Waals surface area contributed by atoms with E-state index in [1.807, 2.05) is 13.8 Å². The molecule has 0 saturated heterocycles. The number of hydrogen-bond acceptors (Lipinski definition) is 10. The van der Waals surface area contributed by atoms with Crippen molar-refractivity contribution in [2.45, 2.75) is 20.5 Å². The fraction of sp³-hybridized carbons (Fsp3) is 0.182. The third-order valence-electron chi connectivity index (χ3n) is 6.40. The maximum atomic E-state index is 12.6. The summed E-state index contributed by atoms with van der Waals surface area (Å²) in [6.45, 7) is 4.43. The number of non-ortho nitro benzene ring substituents is 1. The Morgan fingerprint density at radius 3 is 1.83 bits per heavy atom. The highest BCUT2D eigenvalue weighted by Gasteiger charge is 2.23. The largest absolute Gasteiger partial charge is 0.493 e. The quantitative estimate of drug-likeness (QED) is 0.0499. The number of nitrogens with zero attached hydrogens (tertiary/aromatic N) is 1. The van der Waals surface area contributed by atoms with Crippen molar-refractivity contribution in [1.29, 1.82) is 0 Å². The molecule has 4 rings (SSSR count). The van der Waals surface area contributed by atoms with E-state index in [4.69, 9.17) is 24.0 Å². The van der Waals surface area contributed by atoms with Crippen molar-refractivity contribution < 1.29 is 53.5 Å². The number of carbonyl (C=O) groups excluding carboxylic acids is 1. The van der Waals surface area contributed by atoms with E-state index in [1.54, 1.807) is 54.6 Å². The first-order chi connectivity index (χ1) is 21.9. The number of esters is 1. The molecule has 0 heterocycles. The normalized spacial score (nSPS) is 10.9. The number of nitro benzene ring substituents is 1. The van der Waals surface area contributed by atoms with Gasteiger partial charge in [-0.2, -0.15) is 4.89 Å². The summed E-state index contributed by atoms with van der Waals surface area (Å²) in [5, 5.41) is 29.7. The van der Waals surface area contributed by atoms with Gasteiger partial charge in [-0.25, -0.2) is 14.4 Å². The van der Waals surface area contributed by atoms with Crippen molar-refractivity contribution in [2.75, 3.05) is 13.2 Å². The lowest BCUT2D eigenvalue weighted by atomic mass is 9.96. The Morgan fingerprint density at radius 2 is 1.26 bits per heavy atom. The number of carboxylic acids is 2. The predicted octanol–water partition coefficient (Wildman–Crippen LogP) is 6.21. The van der Waals surface area contributed by atoms with Crippen LogP contribution in [0.2, 0.25) is 0 Å². The lowest BCUT2D eigenvalue weighted by molar-refractivity contribution is -0.384. The van der Waals surface area contributed by atoms with Crippen molar-refractivity contribution in [3.8, 4) is 23.0 Å². The third-order valence-corrected chi connectivity index (χ3v) is 6.40. The first-order valence-electron chi connectivity index (χ1n) is 13.7. The second kappa shape index (κ2) is 14.7. The van der Waals surface area contributed by atoms with Gasteiger partial charge in [-0.05, 0) is 66.2 Å². The zero-order valence-electron chi connectivity index (χ0n) is 24.7. The van der Waals surface area contributed by atoms with Crippen LogP contribution in [0.4, 0.5) is 5.69 Å². The molecule has 0 aliphatic heterocycles. The van der Waals surface area contributed by atoms with Crippen LogP contribution in [0.3, 0.4) is 0 Å². The number of nitro groups is 1. The van der Waals surface area contributed by atoms with Crippen LogP contribution in [0.1, 0.15) is 50.5 Å². The number of carboxylic acid groups (broad SMARTS) is 2. The Morgan fingerprint density at radius 1 is 0.717 bits per heavy atom. The van der Waals surface area contributed by atoms with E-state index in [2.05, 4.69) is 0 Å². The van der Waals surface area contributed by atoms with Gasteiger partial charge in [0.25, 0.3) is 5.69 Å². The molecule has 0 atom stereocenters. The van der Waals surface area contributed by atoms with Crippen LogP contribution in [0.15, 0.2) is 91.0 Å². The first-order valence-corrected chi connectivity index (χ1v) is 13.7. The predicted molar refractivity (Wildman–Crippen MR) is 161 cm³/mol. The van der Waals surface area contributed by atoms with E-state index in [0.29, 0.717) is 29.4 Å². The van der Waals surface area contributed by atoms with E-state index >= 15 is 0 Å². The zero-order chi connectivity index (χ0) is 33.3. The Labute approximate surface area is 262 Å². The van der Waals surface area contributed by atoms with Gasteiger partial charge in [0.15, 0.2) is 5.75 Å². The van der Waals surface area contributed by atoms with Gasteiger partial charge in [-0.15, -0.1) is 0 Å². The maximum absolute atomic E-state index is 12.6. The lowest BCUT2D eigenvalue weighted by Gasteiger charge is -2.25. The minimum atomic E-state index is -1.42. The molecule has 4 aromatic rings. The Bertz CT molecular complexity index is 1720. The fourth-order valence-electron chi connectivity index (χ4n) is 3.97. The second-order valence-electron chi connectivity index (χ2n) is 10.7. The van der Waals surface area contributed by atoms with Crippen molar-refractivity contribution in [1.82, 2.24) is 0 Å². The molecule has 0 amide bonds. The van der Waals surface area contributed by atoms with E-state index in [1.165, 1.54) is 18.2 Å². The SMILES string of the molecule is CC(C)(COc1ccc(OOCc2ccccc2C(=O)O)cc1)COc1ccc(OC(=O)c2cc([N+](=O)[O-])ccc2C(=O)O)cc1. The van der Waals surface area contributed by atoms with Crippen LogP contribution < -0.4 is 19.1 Å². The average molecular weight is 632 g/mol. The summed E-state index contributed by atoms with van der Waals surface area (Å²) in [6.07, 6.45) is 0. The molecule has 46 heavy (non-hydrogen) atoms. The summed E-state index contributed by atoms with van der Waals surface area (Å²) in [5.41, 5.74) is -1.12. The van der Waals surface area contributed by atoms with Gasteiger partial charge in [0.05, 0.1) is 34.8 Å². The molecule has 0 spiro atoms. The van der Waals surface area contributed by atoms with Gasteiger partial charge in [0.2, 0.25) is 0 Å². The highest BCUT2D eigenvalue weighted by Crippen LogP contribution is 2.26. The molecule has 0 aromatic heterocycles. The molecule has 0 aliphatic carbocycles. The Kier molecular flexibility index (Phi) is 10.5. The summed E-state index contributed by atoms with van der Waals surface area (Å²) in [5.74, 6) is -1.98. The molecule has 0 bridgehead atoms. The Balaban J connectivity index is 1.24. The molecule has 0 saturated carbocycles. The van der Waals surface area contributed by atoms with E-state index in [0.717, 1.165) is 18.2 Å². The number of aromatic carboxylic acids is 2. The minimum Gasteiger partial charge on any atom is -0.493 e. The summed E-state index contributed by atoms with van der Waals surface area (Å²) in [4.78, 5) is 56.2. The van der Waals surface area contributed by atoms with Gasteiger partial charge in [0.1, 0.15) is 23.9 Å². The van der Waals surface area contributed by atoms with Crippen LogP contribution in [0.5, 0.6) is 23.0 Å². The van der Waals surface area contributed by atoms with Gasteiger partial charge in [-0.3, -0.25) is 10.1 Å². The summed E-state index contributed by atoms with van der Waals surface area (Å²) in [7, 11) is 0. The molecule has 0 unspecified atom stereocenters. The third kappa shape index (κ3) is 9.03. The molecule has 0 aliphatic rings. The van der Waals surface area contributed by atoms with Crippen molar-refractivity contribution in [3.63, 3.8) is 0 Å². The first kappa shape index (κ1) is 33.0. The van der Waals surface area contributed by atoms with Gasteiger partial charge in [-0.1, -0.05) is 32.0 Å². The highest BCUT2D eigenvalue weighted by atomic mass is 17.2. The van der Waals surface area contributed by atoms with Crippen molar-refractivity contribution in [3.05, 3.63) is 123 Å². The van der Waals surface area contributed by atoms with Crippen molar-refractivity contribution >= 4 is 23.6 Å². The molecule has 0 fully saturated rings. The highest BCUT2D eigenvalue weighted by molar-refractivity contribution is 6.03. The monoisotopic (exact) mass is 631 g/mol. The van der Waals surface area contributed by atoms with Crippen LogP contribution in [-0.2, 0) is 11.5 Å². The second-order valence-corrected chi connectivity index (χ2v) is 10.7. The van der Waals surface area contributed by atoms with E-state index < -0.39 is 45.1 Å². The number of rotatable bonds is 15. The van der Waals surface area contributed by atoms with Gasteiger partial charge >= 0.3 is 17.9 Å². The summed E-state index contributed by atoms with van der Waals surface area (Å²) < 4.78 is 17.0. The summed E-state index contributed by atoms with van der Waals surface area (Å²) in [6, 6.07) is 22.0. The molecular formula is C33H29NO12. The minimum absolute atomic E-state index is 0.0448. The van der Waals surface area contributed by atoms with Gasteiger partial charge < -0.3 is 29.3 Å². The van der Waals surface area contributed by atoms with Gasteiger partial charge in [0, 0.05) is 17.5 Å². The Hall–Kier alpha value is -5.95. The number of ether oxygens (including phenoxy) is 3. The lowest BCUT2D eigenvalue weighted by Crippen LogP contribution is -2.28. The van der Waals surface area contributed by atoms with Crippen LogP contribution in [-0.4, -0.2) is 46.3 Å². The molecule has 13 heteroatoms. The molecular weight excluding hydrogens is 602 g/mol. The molecule has 238 valence electrons. The topological polar surface area (TPSA) is 181 Å².